The first-order valence-corrected chi connectivity index (χ1v) is 7.64. The van der Waals surface area contributed by atoms with Crippen LogP contribution >= 0.6 is 35.3 Å². The van der Waals surface area contributed by atoms with Gasteiger partial charge >= 0.3 is 0 Å². The van der Waals surface area contributed by atoms with Crippen LogP contribution in [0.3, 0.4) is 0 Å². The Hall–Kier alpha value is -0.810. The minimum atomic E-state index is 0. The van der Waals surface area contributed by atoms with Crippen LogP contribution in [0.5, 0.6) is 0 Å². The Balaban J connectivity index is 0.00000147. The smallest absolute Gasteiger partial charge is 0.185 e. The molecule has 20 heavy (non-hydrogen) atoms. The molecule has 0 radical (unpaired) electrons. The molecular formula is C14H17Cl2N3S. The summed E-state index contributed by atoms with van der Waals surface area (Å²) < 4.78 is 0. The zero-order chi connectivity index (χ0) is 13.2. The molecule has 1 aliphatic heterocycles. The number of likely N-dealkylation sites (N-methyl/N-ethyl adjacent to an activating group) is 1. The normalized spacial score (nSPS) is 16.0. The standard InChI is InChI=1S/C14H16ClN3S.ClH/c1-17-6-8-18(9-7-17)14-16-13(10-19-14)11-4-2-3-5-12(11)15;/h2-5,10H,6-9H2,1H3;1H. The van der Waals surface area contributed by atoms with Gasteiger partial charge in [-0.2, -0.15) is 0 Å². The van der Waals surface area contributed by atoms with E-state index in [2.05, 4.69) is 22.2 Å². The predicted molar refractivity (Wildman–Crippen MR) is 89.5 cm³/mol. The summed E-state index contributed by atoms with van der Waals surface area (Å²) in [6.45, 7) is 4.29. The van der Waals surface area contributed by atoms with Crippen LogP contribution in [0.2, 0.25) is 5.02 Å². The van der Waals surface area contributed by atoms with Gasteiger partial charge in [-0.3, -0.25) is 0 Å². The Kier molecular flexibility index (Phi) is 5.27. The van der Waals surface area contributed by atoms with Gasteiger partial charge in [-0.05, 0) is 13.1 Å². The molecule has 3 rings (SSSR count). The van der Waals surface area contributed by atoms with Crippen molar-refractivity contribution >= 4 is 40.5 Å². The van der Waals surface area contributed by atoms with Crippen molar-refractivity contribution in [3.05, 3.63) is 34.7 Å². The van der Waals surface area contributed by atoms with Crippen LogP contribution in [0.25, 0.3) is 11.3 Å². The molecule has 2 aromatic rings. The zero-order valence-corrected chi connectivity index (χ0v) is 13.6. The molecule has 0 spiro atoms. The summed E-state index contributed by atoms with van der Waals surface area (Å²) in [7, 11) is 2.16. The molecule has 1 aromatic carbocycles. The number of aromatic nitrogens is 1. The van der Waals surface area contributed by atoms with Crippen LogP contribution in [0.4, 0.5) is 5.13 Å². The van der Waals surface area contributed by atoms with E-state index < -0.39 is 0 Å². The van der Waals surface area contributed by atoms with Crippen molar-refractivity contribution < 1.29 is 0 Å². The fourth-order valence-electron chi connectivity index (χ4n) is 2.20. The first-order valence-electron chi connectivity index (χ1n) is 6.38. The molecule has 1 fully saturated rings. The van der Waals surface area contributed by atoms with Crippen LogP contribution in [0, 0.1) is 0 Å². The highest BCUT2D eigenvalue weighted by molar-refractivity contribution is 7.14. The van der Waals surface area contributed by atoms with Crippen LogP contribution in [-0.2, 0) is 0 Å². The van der Waals surface area contributed by atoms with Crippen LogP contribution in [-0.4, -0.2) is 43.1 Å². The molecule has 1 saturated heterocycles. The van der Waals surface area contributed by atoms with Crippen molar-refractivity contribution in [3.63, 3.8) is 0 Å². The van der Waals surface area contributed by atoms with Gasteiger partial charge < -0.3 is 9.80 Å². The topological polar surface area (TPSA) is 19.4 Å². The van der Waals surface area contributed by atoms with Gasteiger partial charge in [-0.25, -0.2) is 4.98 Å². The summed E-state index contributed by atoms with van der Waals surface area (Å²) in [5, 5.41) is 3.95. The average Bonchev–Trinajstić information content (AvgIpc) is 2.89. The number of anilines is 1. The minimum Gasteiger partial charge on any atom is -0.346 e. The Labute approximate surface area is 134 Å². The number of benzene rings is 1. The molecule has 0 N–H and O–H groups in total. The second-order valence-corrected chi connectivity index (χ2v) is 6.03. The van der Waals surface area contributed by atoms with Gasteiger partial charge in [-0.1, -0.05) is 29.8 Å². The summed E-state index contributed by atoms with van der Waals surface area (Å²) >= 11 is 7.92. The SMILES string of the molecule is CN1CCN(c2nc(-c3ccccc3Cl)cs2)CC1.Cl. The number of thiazole rings is 1. The molecule has 0 unspecified atom stereocenters. The lowest BCUT2D eigenvalue weighted by atomic mass is 10.2. The summed E-state index contributed by atoms with van der Waals surface area (Å²) in [6, 6.07) is 7.87. The molecule has 6 heteroatoms. The minimum absolute atomic E-state index is 0. The molecule has 2 heterocycles. The molecular weight excluding hydrogens is 313 g/mol. The molecule has 0 bridgehead atoms. The van der Waals surface area contributed by atoms with E-state index in [0.29, 0.717) is 0 Å². The first kappa shape index (κ1) is 15.6. The molecule has 1 aliphatic rings. The molecule has 0 atom stereocenters. The van der Waals surface area contributed by atoms with Crippen LogP contribution < -0.4 is 4.90 Å². The van der Waals surface area contributed by atoms with E-state index in [0.717, 1.165) is 47.6 Å². The Morgan fingerprint density at radius 2 is 1.85 bits per heavy atom. The van der Waals surface area contributed by atoms with Crippen molar-refractivity contribution in [2.24, 2.45) is 0 Å². The van der Waals surface area contributed by atoms with Gasteiger partial charge in [0.25, 0.3) is 0 Å². The molecule has 3 nitrogen and oxygen atoms in total. The van der Waals surface area contributed by atoms with Gasteiger partial charge in [-0.15, -0.1) is 23.7 Å². The second-order valence-electron chi connectivity index (χ2n) is 4.79. The van der Waals surface area contributed by atoms with E-state index in [4.69, 9.17) is 16.6 Å². The highest BCUT2D eigenvalue weighted by Gasteiger charge is 2.17. The number of halogens is 2. The van der Waals surface area contributed by atoms with Gasteiger partial charge in [0.1, 0.15) is 0 Å². The highest BCUT2D eigenvalue weighted by atomic mass is 35.5. The van der Waals surface area contributed by atoms with E-state index in [9.17, 15) is 0 Å². The van der Waals surface area contributed by atoms with Gasteiger partial charge in [0.15, 0.2) is 5.13 Å². The lowest BCUT2D eigenvalue weighted by molar-refractivity contribution is 0.313. The predicted octanol–water partition coefficient (Wildman–Crippen LogP) is 3.64. The molecule has 0 aliphatic carbocycles. The first-order chi connectivity index (χ1) is 9.24. The van der Waals surface area contributed by atoms with Gasteiger partial charge in [0, 0.05) is 42.1 Å². The van der Waals surface area contributed by atoms with E-state index in [1.165, 1.54) is 0 Å². The zero-order valence-electron chi connectivity index (χ0n) is 11.3. The maximum atomic E-state index is 6.22. The summed E-state index contributed by atoms with van der Waals surface area (Å²) in [5.41, 5.74) is 1.99. The summed E-state index contributed by atoms with van der Waals surface area (Å²) in [6.07, 6.45) is 0. The van der Waals surface area contributed by atoms with Gasteiger partial charge in [0.2, 0.25) is 0 Å². The van der Waals surface area contributed by atoms with Crippen molar-refractivity contribution in [3.8, 4) is 11.3 Å². The third kappa shape index (κ3) is 3.26. The molecule has 0 amide bonds. The fourth-order valence-corrected chi connectivity index (χ4v) is 3.31. The summed E-state index contributed by atoms with van der Waals surface area (Å²) in [5.74, 6) is 0. The third-order valence-electron chi connectivity index (χ3n) is 3.42. The third-order valence-corrected chi connectivity index (χ3v) is 4.65. The lowest BCUT2D eigenvalue weighted by Crippen LogP contribution is -2.44. The van der Waals surface area contributed by atoms with E-state index >= 15 is 0 Å². The van der Waals surface area contributed by atoms with E-state index in [1.807, 2.05) is 24.3 Å². The Morgan fingerprint density at radius 3 is 2.55 bits per heavy atom. The Morgan fingerprint density at radius 1 is 1.15 bits per heavy atom. The van der Waals surface area contributed by atoms with Crippen molar-refractivity contribution in [1.29, 1.82) is 0 Å². The lowest BCUT2D eigenvalue weighted by Gasteiger charge is -2.32. The maximum absolute atomic E-state index is 6.22. The fraction of sp³-hybridized carbons (Fsp3) is 0.357. The Bertz CT molecular complexity index is 565. The monoisotopic (exact) mass is 329 g/mol. The molecule has 0 saturated carbocycles. The van der Waals surface area contributed by atoms with Gasteiger partial charge in [0.05, 0.1) is 5.69 Å². The number of rotatable bonds is 2. The summed E-state index contributed by atoms with van der Waals surface area (Å²) in [4.78, 5) is 9.43. The van der Waals surface area contributed by atoms with Crippen molar-refractivity contribution in [2.75, 3.05) is 38.1 Å². The van der Waals surface area contributed by atoms with Crippen LogP contribution in [0.1, 0.15) is 0 Å². The van der Waals surface area contributed by atoms with Crippen molar-refractivity contribution in [1.82, 2.24) is 9.88 Å². The number of nitrogens with zero attached hydrogens (tertiary/aromatic N) is 3. The molecule has 1 aromatic heterocycles. The second kappa shape index (κ2) is 6.76. The highest BCUT2D eigenvalue weighted by Crippen LogP contribution is 2.31. The van der Waals surface area contributed by atoms with Crippen LogP contribution in [0.15, 0.2) is 29.6 Å². The van der Waals surface area contributed by atoms with Crippen molar-refractivity contribution in [2.45, 2.75) is 0 Å². The number of hydrogen-bond donors (Lipinski definition) is 0. The van der Waals surface area contributed by atoms with E-state index in [1.54, 1.807) is 11.3 Å². The average molecular weight is 330 g/mol. The maximum Gasteiger partial charge on any atom is 0.185 e. The van der Waals surface area contributed by atoms with E-state index in [-0.39, 0.29) is 12.4 Å². The molecule has 108 valence electrons. The largest absolute Gasteiger partial charge is 0.346 e. The number of piperazine rings is 1. The number of hydrogen-bond acceptors (Lipinski definition) is 4. The quantitative estimate of drug-likeness (QED) is 0.838.